The van der Waals surface area contributed by atoms with E-state index in [1.807, 2.05) is 36.4 Å². The Labute approximate surface area is 133 Å². The van der Waals surface area contributed by atoms with Crippen LogP contribution < -0.4 is 15.4 Å². The van der Waals surface area contributed by atoms with Crippen molar-refractivity contribution < 1.29 is 14.3 Å². The zero-order valence-electron chi connectivity index (χ0n) is 12.8. The number of aliphatic imine (C=N–C) groups is 1. The minimum Gasteiger partial charge on any atom is -0.497 e. The molecule has 6 heteroatoms. The van der Waals surface area contributed by atoms with Crippen LogP contribution >= 0.6 is 0 Å². The summed E-state index contributed by atoms with van der Waals surface area (Å²) in [5, 5.41) is 7.51. The fourth-order valence-corrected chi connectivity index (χ4v) is 2.57. The van der Waals surface area contributed by atoms with Gasteiger partial charge in [0.05, 0.1) is 13.7 Å². The van der Waals surface area contributed by atoms with Gasteiger partial charge in [0.15, 0.2) is 0 Å². The predicted molar refractivity (Wildman–Crippen MR) is 88.0 cm³/mol. The molecule has 0 aromatic heterocycles. The summed E-state index contributed by atoms with van der Waals surface area (Å²) in [4.78, 5) is 26.5. The molecule has 2 aromatic rings. The third kappa shape index (κ3) is 3.31. The molecule has 2 aromatic carbocycles. The number of carbonyl (C=O) groups is 2. The Kier molecular flexibility index (Phi) is 4.23. The molecule has 6 nitrogen and oxygen atoms in total. The number of methoxy groups -OCH3 is 1. The highest BCUT2D eigenvalue weighted by atomic mass is 16.5. The van der Waals surface area contributed by atoms with Crippen LogP contribution in [-0.4, -0.2) is 37.8 Å². The smallest absolute Gasteiger partial charge is 0.341 e. The molecule has 0 bridgehead atoms. The Hall–Kier alpha value is -2.89. The molecule has 3 amide bonds. The Bertz CT molecular complexity index is 799. The summed E-state index contributed by atoms with van der Waals surface area (Å²) in [6, 6.07) is 11.5. The lowest BCUT2D eigenvalue weighted by atomic mass is 10.0. The molecular formula is C17H17N3O3. The van der Waals surface area contributed by atoms with Gasteiger partial charge in [-0.3, -0.25) is 4.79 Å². The minimum absolute atomic E-state index is 0.191. The van der Waals surface area contributed by atoms with Gasteiger partial charge in [0, 0.05) is 6.54 Å². The molecule has 1 aliphatic heterocycles. The monoisotopic (exact) mass is 311 g/mol. The maximum Gasteiger partial charge on any atom is 0.341 e. The standard InChI is InChI=1S/C17H17N3O3/c1-23-13-6-5-11-3-2-4-12(14(11)9-13)7-8-18-16(21)15-10-19-17(22)20-15/h2-6,9H,7-8,10H2,1H3,(H,18,21)(H,19,22). The molecule has 118 valence electrons. The lowest BCUT2D eigenvalue weighted by Crippen LogP contribution is -2.34. The van der Waals surface area contributed by atoms with E-state index in [-0.39, 0.29) is 18.2 Å². The topological polar surface area (TPSA) is 79.8 Å². The average Bonchev–Trinajstić information content (AvgIpc) is 3.01. The van der Waals surface area contributed by atoms with Crippen molar-refractivity contribution in [2.24, 2.45) is 4.99 Å². The number of fused-ring (bicyclic) bond motifs is 1. The fraction of sp³-hybridized carbons (Fsp3) is 0.235. The van der Waals surface area contributed by atoms with Gasteiger partial charge in [-0.05, 0) is 34.9 Å². The first-order valence-electron chi connectivity index (χ1n) is 7.36. The van der Waals surface area contributed by atoms with Gasteiger partial charge in [-0.15, -0.1) is 0 Å². The molecule has 1 heterocycles. The molecule has 1 aliphatic rings. The van der Waals surface area contributed by atoms with Crippen molar-refractivity contribution in [3.63, 3.8) is 0 Å². The Morgan fingerprint density at radius 1 is 1.35 bits per heavy atom. The molecular weight excluding hydrogens is 294 g/mol. The summed E-state index contributed by atoms with van der Waals surface area (Å²) in [6.07, 6.45) is 0.685. The van der Waals surface area contributed by atoms with Crippen molar-refractivity contribution in [1.29, 1.82) is 0 Å². The molecule has 0 spiro atoms. The number of urea groups is 1. The fourth-order valence-electron chi connectivity index (χ4n) is 2.57. The molecule has 0 aliphatic carbocycles. The molecule has 23 heavy (non-hydrogen) atoms. The van der Waals surface area contributed by atoms with Crippen LogP contribution in [0.1, 0.15) is 5.56 Å². The van der Waals surface area contributed by atoms with Crippen molar-refractivity contribution in [1.82, 2.24) is 10.6 Å². The second-order valence-electron chi connectivity index (χ2n) is 5.23. The van der Waals surface area contributed by atoms with E-state index >= 15 is 0 Å². The first kappa shape index (κ1) is 15.0. The van der Waals surface area contributed by atoms with E-state index in [9.17, 15) is 9.59 Å². The van der Waals surface area contributed by atoms with E-state index in [2.05, 4.69) is 15.6 Å². The van der Waals surface area contributed by atoms with E-state index in [0.717, 1.165) is 22.1 Å². The summed E-state index contributed by atoms with van der Waals surface area (Å²) in [6.45, 7) is 0.665. The van der Waals surface area contributed by atoms with Crippen LogP contribution in [0.15, 0.2) is 41.4 Å². The second kappa shape index (κ2) is 6.48. The number of benzene rings is 2. The number of hydrogen-bond acceptors (Lipinski definition) is 3. The third-order valence-corrected chi connectivity index (χ3v) is 3.77. The van der Waals surface area contributed by atoms with E-state index < -0.39 is 6.03 Å². The lowest BCUT2D eigenvalue weighted by Gasteiger charge is -2.09. The zero-order chi connectivity index (χ0) is 16.2. The predicted octanol–water partition coefficient (Wildman–Crippen LogP) is 1.67. The van der Waals surface area contributed by atoms with Gasteiger partial charge in [0.25, 0.3) is 5.91 Å². The first-order chi connectivity index (χ1) is 11.2. The van der Waals surface area contributed by atoms with Crippen LogP contribution in [0.4, 0.5) is 4.79 Å². The SMILES string of the molecule is COc1ccc2cccc(CCNC(=O)C3=NC(=O)NC3)c2c1. The van der Waals surface area contributed by atoms with Gasteiger partial charge in [0.2, 0.25) is 0 Å². The number of amides is 3. The van der Waals surface area contributed by atoms with Gasteiger partial charge in [-0.2, -0.15) is 4.99 Å². The van der Waals surface area contributed by atoms with Crippen LogP contribution in [0.25, 0.3) is 10.8 Å². The van der Waals surface area contributed by atoms with E-state index in [0.29, 0.717) is 13.0 Å². The van der Waals surface area contributed by atoms with Crippen molar-refractivity contribution in [2.75, 3.05) is 20.2 Å². The van der Waals surface area contributed by atoms with Gasteiger partial charge in [0.1, 0.15) is 11.5 Å². The Morgan fingerprint density at radius 2 is 2.22 bits per heavy atom. The van der Waals surface area contributed by atoms with Crippen molar-refractivity contribution in [2.45, 2.75) is 6.42 Å². The number of rotatable bonds is 5. The maximum atomic E-state index is 11.9. The zero-order valence-corrected chi connectivity index (χ0v) is 12.8. The van der Waals surface area contributed by atoms with Crippen molar-refractivity contribution in [3.05, 3.63) is 42.0 Å². The maximum absolute atomic E-state index is 11.9. The molecule has 0 unspecified atom stereocenters. The molecule has 0 atom stereocenters. The molecule has 0 radical (unpaired) electrons. The summed E-state index contributed by atoms with van der Waals surface area (Å²) < 4.78 is 5.27. The highest BCUT2D eigenvalue weighted by Gasteiger charge is 2.19. The lowest BCUT2D eigenvalue weighted by molar-refractivity contribution is -0.114. The van der Waals surface area contributed by atoms with Gasteiger partial charge in [-0.25, -0.2) is 4.79 Å². The number of nitrogens with one attached hydrogen (secondary N) is 2. The van der Waals surface area contributed by atoms with E-state index in [1.54, 1.807) is 7.11 Å². The van der Waals surface area contributed by atoms with Crippen LogP contribution in [0.3, 0.4) is 0 Å². The minimum atomic E-state index is -0.462. The molecule has 3 rings (SSSR count). The van der Waals surface area contributed by atoms with E-state index in [1.165, 1.54) is 0 Å². The summed E-state index contributed by atoms with van der Waals surface area (Å²) >= 11 is 0. The summed E-state index contributed by atoms with van der Waals surface area (Å²) in [5.41, 5.74) is 1.36. The van der Waals surface area contributed by atoms with Crippen LogP contribution in [-0.2, 0) is 11.2 Å². The van der Waals surface area contributed by atoms with Crippen LogP contribution in [0, 0.1) is 0 Å². The first-order valence-corrected chi connectivity index (χ1v) is 7.36. The quantitative estimate of drug-likeness (QED) is 0.881. The normalized spacial score (nSPS) is 13.6. The van der Waals surface area contributed by atoms with Gasteiger partial charge >= 0.3 is 6.03 Å². The van der Waals surface area contributed by atoms with Crippen molar-refractivity contribution >= 4 is 28.4 Å². The number of carbonyl (C=O) groups excluding carboxylic acids is 2. The molecule has 0 fully saturated rings. The molecule has 0 saturated heterocycles. The third-order valence-electron chi connectivity index (χ3n) is 3.77. The summed E-state index contributed by atoms with van der Waals surface area (Å²) in [7, 11) is 1.64. The number of hydrogen-bond donors (Lipinski definition) is 2. The second-order valence-corrected chi connectivity index (χ2v) is 5.23. The Balaban J connectivity index is 1.68. The van der Waals surface area contributed by atoms with Crippen LogP contribution in [0.5, 0.6) is 5.75 Å². The van der Waals surface area contributed by atoms with Gasteiger partial charge in [-0.1, -0.05) is 24.3 Å². The highest BCUT2D eigenvalue weighted by Crippen LogP contribution is 2.24. The van der Waals surface area contributed by atoms with Gasteiger partial charge < -0.3 is 15.4 Å². The molecule has 2 N–H and O–H groups in total. The van der Waals surface area contributed by atoms with E-state index in [4.69, 9.17) is 4.74 Å². The summed E-state index contributed by atoms with van der Waals surface area (Å²) in [5.74, 6) is 0.500. The number of ether oxygens (including phenoxy) is 1. The Morgan fingerprint density at radius 3 is 2.96 bits per heavy atom. The highest BCUT2D eigenvalue weighted by molar-refractivity contribution is 6.42. The number of nitrogens with zero attached hydrogens (tertiary/aromatic N) is 1. The van der Waals surface area contributed by atoms with Crippen LogP contribution in [0.2, 0.25) is 0 Å². The average molecular weight is 311 g/mol. The molecule has 0 saturated carbocycles. The van der Waals surface area contributed by atoms with Crippen molar-refractivity contribution in [3.8, 4) is 5.75 Å². The largest absolute Gasteiger partial charge is 0.497 e.